The van der Waals surface area contributed by atoms with Gasteiger partial charge in [0, 0.05) is 30.1 Å². The standard InChI is InChI=1S/C18H24N2S/c1-15(18-10-6-12-21-18)19-17-9-5-11-20(14-17)13-16-7-3-2-4-8-16/h2-4,6-8,10,12,15,17,19H,5,9,11,13-14H2,1H3/t15-,17?/m1/s1. The smallest absolute Gasteiger partial charge is 0.0388 e. The van der Waals surface area contributed by atoms with Crippen molar-refractivity contribution in [1.29, 1.82) is 0 Å². The molecule has 1 aliphatic heterocycles. The van der Waals surface area contributed by atoms with Gasteiger partial charge in [-0.25, -0.2) is 0 Å². The number of nitrogens with one attached hydrogen (secondary N) is 1. The van der Waals surface area contributed by atoms with Gasteiger partial charge in [0.2, 0.25) is 0 Å². The van der Waals surface area contributed by atoms with Crippen LogP contribution in [0.4, 0.5) is 0 Å². The molecule has 2 nitrogen and oxygen atoms in total. The van der Waals surface area contributed by atoms with Gasteiger partial charge >= 0.3 is 0 Å². The molecule has 1 fully saturated rings. The van der Waals surface area contributed by atoms with Crippen LogP contribution in [0.5, 0.6) is 0 Å². The average molecular weight is 300 g/mol. The molecular weight excluding hydrogens is 276 g/mol. The predicted octanol–water partition coefficient (Wildman–Crippen LogP) is 4.06. The first-order valence-corrected chi connectivity index (χ1v) is 8.75. The van der Waals surface area contributed by atoms with E-state index in [9.17, 15) is 0 Å². The number of benzene rings is 1. The Bertz CT molecular complexity index is 523. The number of nitrogens with zero attached hydrogens (tertiary/aromatic N) is 1. The van der Waals surface area contributed by atoms with Gasteiger partial charge in [-0.1, -0.05) is 36.4 Å². The first-order chi connectivity index (χ1) is 10.3. The molecule has 3 rings (SSSR count). The van der Waals surface area contributed by atoms with E-state index in [0.717, 1.165) is 13.1 Å². The predicted molar refractivity (Wildman–Crippen MR) is 90.6 cm³/mol. The number of thiophene rings is 1. The maximum atomic E-state index is 3.81. The average Bonchev–Trinajstić information content (AvgIpc) is 3.03. The van der Waals surface area contributed by atoms with E-state index in [1.54, 1.807) is 0 Å². The summed E-state index contributed by atoms with van der Waals surface area (Å²) in [6.45, 7) is 5.74. The van der Waals surface area contributed by atoms with E-state index in [0.29, 0.717) is 12.1 Å². The van der Waals surface area contributed by atoms with Crippen molar-refractivity contribution in [3.05, 3.63) is 58.3 Å². The first kappa shape index (κ1) is 14.8. The Labute approximate surface area is 131 Å². The van der Waals surface area contributed by atoms with Gasteiger partial charge in [0.25, 0.3) is 0 Å². The van der Waals surface area contributed by atoms with Crippen LogP contribution >= 0.6 is 11.3 Å². The fraction of sp³-hybridized carbons (Fsp3) is 0.444. The minimum absolute atomic E-state index is 0.465. The van der Waals surface area contributed by atoms with Gasteiger partial charge in [0.1, 0.15) is 0 Å². The Morgan fingerprint density at radius 3 is 2.86 bits per heavy atom. The second kappa shape index (κ2) is 7.21. The van der Waals surface area contributed by atoms with Crippen molar-refractivity contribution in [3.8, 4) is 0 Å². The van der Waals surface area contributed by atoms with E-state index >= 15 is 0 Å². The van der Waals surface area contributed by atoms with Gasteiger partial charge in [0.15, 0.2) is 0 Å². The molecule has 1 saturated heterocycles. The third-order valence-corrected chi connectivity index (χ3v) is 5.27. The molecule has 3 heteroatoms. The summed E-state index contributed by atoms with van der Waals surface area (Å²) in [6.07, 6.45) is 2.59. The molecule has 0 bridgehead atoms. The fourth-order valence-electron chi connectivity index (χ4n) is 3.15. The molecule has 1 aromatic heterocycles. The van der Waals surface area contributed by atoms with Crippen LogP contribution in [0.3, 0.4) is 0 Å². The lowest BCUT2D eigenvalue weighted by Crippen LogP contribution is -2.45. The Kier molecular flexibility index (Phi) is 5.07. The normalized spacial score (nSPS) is 21.3. The van der Waals surface area contributed by atoms with Crippen LogP contribution in [-0.2, 0) is 6.54 Å². The number of hydrogen-bond donors (Lipinski definition) is 1. The quantitative estimate of drug-likeness (QED) is 0.895. The van der Waals surface area contributed by atoms with Crippen LogP contribution in [0.1, 0.15) is 36.2 Å². The summed E-state index contributed by atoms with van der Waals surface area (Å²) in [5.41, 5.74) is 1.42. The van der Waals surface area contributed by atoms with E-state index in [-0.39, 0.29) is 0 Å². The van der Waals surface area contributed by atoms with Crippen LogP contribution in [0.2, 0.25) is 0 Å². The fourth-order valence-corrected chi connectivity index (χ4v) is 3.89. The van der Waals surface area contributed by atoms with Crippen LogP contribution in [0.15, 0.2) is 47.8 Å². The maximum Gasteiger partial charge on any atom is 0.0388 e. The van der Waals surface area contributed by atoms with Crippen molar-refractivity contribution >= 4 is 11.3 Å². The van der Waals surface area contributed by atoms with Gasteiger partial charge in [0.05, 0.1) is 0 Å². The molecule has 0 amide bonds. The molecule has 1 aliphatic rings. The van der Waals surface area contributed by atoms with Gasteiger partial charge in [-0.3, -0.25) is 4.90 Å². The Morgan fingerprint density at radius 2 is 2.10 bits per heavy atom. The van der Waals surface area contributed by atoms with E-state index < -0.39 is 0 Å². The summed E-state index contributed by atoms with van der Waals surface area (Å²) in [6, 6.07) is 16.3. The highest BCUT2D eigenvalue weighted by Gasteiger charge is 2.21. The molecule has 2 aromatic rings. The lowest BCUT2D eigenvalue weighted by atomic mass is 10.0. The van der Waals surface area contributed by atoms with Crippen molar-refractivity contribution in [2.24, 2.45) is 0 Å². The highest BCUT2D eigenvalue weighted by Crippen LogP contribution is 2.21. The number of hydrogen-bond acceptors (Lipinski definition) is 3. The molecule has 0 spiro atoms. The summed E-state index contributed by atoms with van der Waals surface area (Å²) in [5, 5.41) is 5.97. The number of likely N-dealkylation sites (tertiary alicyclic amines) is 1. The van der Waals surface area contributed by atoms with Crippen LogP contribution in [0, 0.1) is 0 Å². The second-order valence-corrected chi connectivity index (χ2v) is 6.94. The zero-order valence-corrected chi connectivity index (χ0v) is 13.5. The topological polar surface area (TPSA) is 15.3 Å². The SMILES string of the molecule is C[C@@H](NC1CCCN(Cc2ccccc2)C1)c1cccs1. The second-order valence-electron chi connectivity index (χ2n) is 5.96. The minimum atomic E-state index is 0.465. The Balaban J connectivity index is 1.53. The zero-order chi connectivity index (χ0) is 14.5. The van der Waals surface area contributed by atoms with E-state index in [4.69, 9.17) is 0 Å². The molecule has 112 valence electrons. The molecule has 1 N–H and O–H groups in total. The highest BCUT2D eigenvalue weighted by atomic mass is 32.1. The van der Waals surface area contributed by atoms with E-state index in [1.807, 2.05) is 11.3 Å². The lowest BCUT2D eigenvalue weighted by Gasteiger charge is -2.34. The van der Waals surface area contributed by atoms with Crippen molar-refractivity contribution in [2.45, 2.75) is 38.4 Å². The Hall–Kier alpha value is -1.16. The monoisotopic (exact) mass is 300 g/mol. The Morgan fingerprint density at radius 1 is 1.24 bits per heavy atom. The summed E-state index contributed by atoms with van der Waals surface area (Å²) in [5.74, 6) is 0. The first-order valence-electron chi connectivity index (χ1n) is 7.87. The number of rotatable bonds is 5. The third kappa shape index (κ3) is 4.16. The van der Waals surface area contributed by atoms with Crippen molar-refractivity contribution in [1.82, 2.24) is 10.2 Å². The minimum Gasteiger partial charge on any atom is -0.305 e. The van der Waals surface area contributed by atoms with Crippen molar-refractivity contribution in [3.63, 3.8) is 0 Å². The van der Waals surface area contributed by atoms with E-state index in [2.05, 4.69) is 65.0 Å². The highest BCUT2D eigenvalue weighted by molar-refractivity contribution is 7.10. The van der Waals surface area contributed by atoms with Crippen molar-refractivity contribution in [2.75, 3.05) is 13.1 Å². The number of piperidine rings is 1. The molecule has 0 aliphatic carbocycles. The molecule has 1 unspecified atom stereocenters. The summed E-state index contributed by atoms with van der Waals surface area (Å²) in [4.78, 5) is 4.02. The molecule has 2 atom stereocenters. The maximum absolute atomic E-state index is 3.81. The molecule has 1 aromatic carbocycles. The third-order valence-electron chi connectivity index (χ3n) is 4.21. The van der Waals surface area contributed by atoms with Gasteiger partial charge < -0.3 is 5.32 Å². The summed E-state index contributed by atoms with van der Waals surface area (Å²) in [7, 11) is 0. The molecule has 0 radical (unpaired) electrons. The molecule has 0 saturated carbocycles. The van der Waals surface area contributed by atoms with Crippen molar-refractivity contribution < 1.29 is 0 Å². The van der Waals surface area contributed by atoms with Crippen LogP contribution in [0.25, 0.3) is 0 Å². The van der Waals surface area contributed by atoms with Gasteiger partial charge in [-0.05, 0) is 43.3 Å². The largest absolute Gasteiger partial charge is 0.305 e. The summed E-state index contributed by atoms with van der Waals surface area (Å²) < 4.78 is 0. The lowest BCUT2D eigenvalue weighted by molar-refractivity contribution is 0.177. The zero-order valence-electron chi connectivity index (χ0n) is 12.7. The molecule has 21 heavy (non-hydrogen) atoms. The van der Waals surface area contributed by atoms with Crippen LogP contribution in [-0.4, -0.2) is 24.0 Å². The van der Waals surface area contributed by atoms with E-state index in [1.165, 1.54) is 29.8 Å². The summed E-state index contributed by atoms with van der Waals surface area (Å²) >= 11 is 1.85. The molecule has 2 heterocycles. The van der Waals surface area contributed by atoms with Gasteiger partial charge in [-0.2, -0.15) is 0 Å². The van der Waals surface area contributed by atoms with Gasteiger partial charge in [-0.15, -0.1) is 11.3 Å². The molecular formula is C18H24N2S. The van der Waals surface area contributed by atoms with Crippen LogP contribution < -0.4 is 5.32 Å².